The summed E-state index contributed by atoms with van der Waals surface area (Å²) in [6, 6.07) is 18.8. The quantitative estimate of drug-likeness (QED) is 0.307. The number of aryl methyl sites for hydroxylation is 1. The highest BCUT2D eigenvalue weighted by molar-refractivity contribution is 7.10. The number of urea groups is 1. The molecule has 0 radical (unpaired) electrons. The van der Waals surface area contributed by atoms with Crippen molar-refractivity contribution in [2.75, 3.05) is 38.7 Å². The summed E-state index contributed by atoms with van der Waals surface area (Å²) in [6.45, 7) is 6.47. The summed E-state index contributed by atoms with van der Waals surface area (Å²) in [6.07, 6.45) is 0.634. The van der Waals surface area contributed by atoms with Crippen LogP contribution in [0.4, 0.5) is 10.5 Å². The molecule has 8 heteroatoms. The van der Waals surface area contributed by atoms with Crippen LogP contribution in [0.3, 0.4) is 0 Å². The lowest BCUT2D eigenvalue weighted by molar-refractivity contribution is -0.133. The minimum atomic E-state index is -0.333. The van der Waals surface area contributed by atoms with Crippen LogP contribution in [0.5, 0.6) is 5.75 Å². The third-order valence-electron chi connectivity index (χ3n) is 5.73. The summed E-state index contributed by atoms with van der Waals surface area (Å²) in [4.78, 5) is 31.3. The number of anilines is 1. The molecule has 36 heavy (non-hydrogen) atoms. The number of nitrogens with one attached hydrogen (secondary N) is 1. The van der Waals surface area contributed by atoms with E-state index >= 15 is 0 Å². The van der Waals surface area contributed by atoms with Gasteiger partial charge in [-0.15, -0.1) is 11.3 Å². The van der Waals surface area contributed by atoms with E-state index in [1.54, 1.807) is 35.5 Å². The minimum absolute atomic E-state index is 0.0286. The number of nitrogens with zero attached hydrogens (tertiary/aromatic N) is 2. The van der Waals surface area contributed by atoms with Crippen molar-refractivity contribution in [2.45, 2.75) is 33.4 Å². The zero-order valence-corrected chi connectivity index (χ0v) is 22.1. The van der Waals surface area contributed by atoms with Gasteiger partial charge in [-0.05, 0) is 55.0 Å². The molecule has 1 heterocycles. The first-order valence-electron chi connectivity index (χ1n) is 12.1. The number of benzene rings is 2. The summed E-state index contributed by atoms with van der Waals surface area (Å²) < 4.78 is 10.7. The molecule has 1 aromatic heterocycles. The second-order valence-electron chi connectivity index (χ2n) is 8.40. The summed E-state index contributed by atoms with van der Waals surface area (Å²) in [5, 5.41) is 4.94. The van der Waals surface area contributed by atoms with Crippen LogP contribution in [0.25, 0.3) is 0 Å². The number of thiophene rings is 1. The van der Waals surface area contributed by atoms with Gasteiger partial charge in [-0.2, -0.15) is 0 Å². The molecule has 0 atom stereocenters. The average Bonchev–Trinajstić information content (AvgIpc) is 3.30. The summed E-state index contributed by atoms with van der Waals surface area (Å²) in [5.41, 5.74) is 2.82. The molecular formula is C28H35N3O4S. The molecule has 0 spiro atoms. The first-order chi connectivity index (χ1) is 17.5. The van der Waals surface area contributed by atoms with Gasteiger partial charge in [-0.25, -0.2) is 4.79 Å². The third-order valence-corrected chi connectivity index (χ3v) is 6.73. The Hall–Kier alpha value is -3.36. The predicted octanol–water partition coefficient (Wildman–Crippen LogP) is 5.55. The van der Waals surface area contributed by atoms with E-state index in [1.807, 2.05) is 59.7 Å². The zero-order valence-electron chi connectivity index (χ0n) is 21.2. The van der Waals surface area contributed by atoms with Crippen molar-refractivity contribution in [3.05, 3.63) is 82.0 Å². The highest BCUT2D eigenvalue weighted by Gasteiger charge is 2.23. The Balaban J connectivity index is 1.76. The largest absolute Gasteiger partial charge is 0.497 e. The van der Waals surface area contributed by atoms with Crippen molar-refractivity contribution in [3.8, 4) is 5.75 Å². The van der Waals surface area contributed by atoms with Crippen molar-refractivity contribution < 1.29 is 19.1 Å². The average molecular weight is 510 g/mol. The molecule has 2 aromatic carbocycles. The molecule has 1 N–H and O–H groups in total. The number of hydrogen-bond donors (Lipinski definition) is 1. The van der Waals surface area contributed by atoms with Crippen LogP contribution in [-0.2, 0) is 22.6 Å². The molecule has 0 aliphatic carbocycles. The number of amides is 3. The maximum atomic E-state index is 13.6. The fourth-order valence-electron chi connectivity index (χ4n) is 3.70. The maximum Gasteiger partial charge on any atom is 0.322 e. The van der Waals surface area contributed by atoms with Gasteiger partial charge in [0, 0.05) is 42.9 Å². The highest BCUT2D eigenvalue weighted by Crippen LogP contribution is 2.20. The Morgan fingerprint density at radius 2 is 1.81 bits per heavy atom. The van der Waals surface area contributed by atoms with E-state index in [1.165, 1.54) is 0 Å². The minimum Gasteiger partial charge on any atom is -0.497 e. The van der Waals surface area contributed by atoms with E-state index in [0.29, 0.717) is 50.7 Å². The van der Waals surface area contributed by atoms with E-state index in [9.17, 15) is 9.59 Å². The number of carbonyl (C=O) groups is 2. The normalized spacial score (nSPS) is 10.6. The van der Waals surface area contributed by atoms with Crippen LogP contribution in [0.15, 0.2) is 66.0 Å². The standard InChI is InChI=1S/C28H35N3O4S/c1-4-35-16-9-15-30(28(33)29-24-12-8-13-25(18-24)34-3)21-27(32)31(19-23-10-6-5-7-11-23)20-26-22(2)14-17-36-26/h5-8,10-14,17-18H,4,9,15-16,19-21H2,1-3H3,(H,29,33). The SMILES string of the molecule is CCOCCCN(CC(=O)N(Cc1ccccc1)Cc1sccc1C)C(=O)Nc1cccc(OC)c1. The lowest BCUT2D eigenvalue weighted by atomic mass is 10.2. The molecule has 0 aliphatic rings. The van der Waals surface area contributed by atoms with Crippen molar-refractivity contribution in [2.24, 2.45) is 0 Å². The van der Waals surface area contributed by atoms with Gasteiger partial charge in [0.25, 0.3) is 0 Å². The zero-order chi connectivity index (χ0) is 25.8. The lowest BCUT2D eigenvalue weighted by Crippen LogP contribution is -2.44. The molecular weight excluding hydrogens is 474 g/mol. The molecule has 0 bridgehead atoms. The number of ether oxygens (including phenoxy) is 2. The van der Waals surface area contributed by atoms with Crippen LogP contribution in [0, 0.1) is 6.92 Å². The fourth-order valence-corrected chi connectivity index (χ4v) is 4.62. The van der Waals surface area contributed by atoms with Gasteiger partial charge in [0.2, 0.25) is 5.91 Å². The van der Waals surface area contributed by atoms with Gasteiger partial charge >= 0.3 is 6.03 Å². The highest BCUT2D eigenvalue weighted by atomic mass is 32.1. The Morgan fingerprint density at radius 1 is 1.00 bits per heavy atom. The second kappa shape index (κ2) is 14.3. The number of hydrogen-bond acceptors (Lipinski definition) is 5. The summed E-state index contributed by atoms with van der Waals surface area (Å²) in [7, 11) is 1.58. The number of methoxy groups -OCH3 is 1. The Labute approximate surface area is 217 Å². The Bertz CT molecular complexity index is 1100. The molecule has 3 rings (SSSR count). The molecule has 0 fully saturated rings. The molecule has 0 aliphatic heterocycles. The van der Waals surface area contributed by atoms with Crippen LogP contribution in [0.1, 0.15) is 29.3 Å². The smallest absolute Gasteiger partial charge is 0.322 e. The predicted molar refractivity (Wildman–Crippen MR) is 144 cm³/mol. The molecule has 0 saturated carbocycles. The van der Waals surface area contributed by atoms with Crippen LogP contribution < -0.4 is 10.1 Å². The topological polar surface area (TPSA) is 71.1 Å². The monoisotopic (exact) mass is 509 g/mol. The number of carbonyl (C=O) groups excluding carboxylic acids is 2. The number of rotatable bonds is 13. The van der Waals surface area contributed by atoms with E-state index in [-0.39, 0.29) is 18.5 Å². The molecule has 0 saturated heterocycles. The van der Waals surface area contributed by atoms with Crippen molar-refractivity contribution >= 4 is 29.0 Å². The van der Waals surface area contributed by atoms with E-state index in [0.717, 1.165) is 16.0 Å². The van der Waals surface area contributed by atoms with Gasteiger partial charge in [0.15, 0.2) is 0 Å². The lowest BCUT2D eigenvalue weighted by Gasteiger charge is -2.28. The Morgan fingerprint density at radius 3 is 2.50 bits per heavy atom. The third kappa shape index (κ3) is 8.39. The first-order valence-corrected chi connectivity index (χ1v) is 13.0. The first kappa shape index (κ1) is 27.2. The van der Waals surface area contributed by atoms with Crippen molar-refractivity contribution in [3.63, 3.8) is 0 Å². The van der Waals surface area contributed by atoms with Gasteiger partial charge < -0.3 is 24.6 Å². The van der Waals surface area contributed by atoms with Gasteiger partial charge in [0.05, 0.1) is 13.7 Å². The van der Waals surface area contributed by atoms with Crippen LogP contribution in [0.2, 0.25) is 0 Å². The van der Waals surface area contributed by atoms with E-state index in [4.69, 9.17) is 9.47 Å². The molecule has 3 amide bonds. The Kier molecular flexibility index (Phi) is 10.8. The molecule has 192 valence electrons. The van der Waals surface area contributed by atoms with Gasteiger partial charge in [-0.3, -0.25) is 4.79 Å². The van der Waals surface area contributed by atoms with Crippen LogP contribution >= 0.6 is 11.3 Å². The van der Waals surface area contributed by atoms with Gasteiger partial charge in [0.1, 0.15) is 12.3 Å². The van der Waals surface area contributed by atoms with Crippen molar-refractivity contribution in [1.29, 1.82) is 0 Å². The summed E-state index contributed by atoms with van der Waals surface area (Å²) >= 11 is 1.64. The summed E-state index contributed by atoms with van der Waals surface area (Å²) in [5.74, 6) is 0.538. The van der Waals surface area contributed by atoms with E-state index in [2.05, 4.69) is 18.3 Å². The molecule has 3 aromatic rings. The van der Waals surface area contributed by atoms with Crippen molar-refractivity contribution in [1.82, 2.24) is 9.80 Å². The molecule has 0 unspecified atom stereocenters. The van der Waals surface area contributed by atoms with Crippen LogP contribution in [-0.4, -0.2) is 55.2 Å². The van der Waals surface area contributed by atoms with Gasteiger partial charge in [-0.1, -0.05) is 36.4 Å². The molecule has 7 nitrogen and oxygen atoms in total. The fraction of sp³-hybridized carbons (Fsp3) is 0.357. The maximum absolute atomic E-state index is 13.6. The van der Waals surface area contributed by atoms with E-state index < -0.39 is 0 Å². The second-order valence-corrected chi connectivity index (χ2v) is 9.40.